The minimum atomic E-state index is -0.157. The van der Waals surface area contributed by atoms with E-state index in [1.165, 1.54) is 0 Å². The first-order valence-electron chi connectivity index (χ1n) is 8.83. The van der Waals surface area contributed by atoms with Gasteiger partial charge in [0, 0.05) is 37.2 Å². The van der Waals surface area contributed by atoms with Gasteiger partial charge in [-0.25, -0.2) is 0 Å². The number of aromatic nitrogens is 2. The number of hydrogen-bond acceptors (Lipinski definition) is 5. The molecule has 1 aromatic heterocycles. The van der Waals surface area contributed by atoms with Gasteiger partial charge in [-0.15, -0.1) is 0 Å². The number of carbonyl (C=O) groups is 1. The van der Waals surface area contributed by atoms with Crippen LogP contribution in [0.5, 0.6) is 5.75 Å². The predicted octanol–water partition coefficient (Wildman–Crippen LogP) is 1.86. The number of aromatic amines is 1. The summed E-state index contributed by atoms with van der Waals surface area (Å²) >= 11 is 0. The van der Waals surface area contributed by atoms with Gasteiger partial charge in [0.05, 0.1) is 25.5 Å². The van der Waals surface area contributed by atoms with Crippen LogP contribution < -0.4 is 10.1 Å². The number of H-pyrrole nitrogens is 1. The van der Waals surface area contributed by atoms with Crippen LogP contribution in [0.2, 0.25) is 0 Å². The zero-order valence-corrected chi connectivity index (χ0v) is 14.9. The third-order valence-electron chi connectivity index (χ3n) is 5.39. The largest absolute Gasteiger partial charge is 0.496 e. The third kappa shape index (κ3) is 2.87. The van der Waals surface area contributed by atoms with Gasteiger partial charge in [-0.1, -0.05) is 12.1 Å². The molecule has 4 atom stereocenters. The van der Waals surface area contributed by atoms with Crippen molar-refractivity contribution >= 4 is 5.91 Å². The van der Waals surface area contributed by atoms with Crippen molar-refractivity contribution in [2.45, 2.75) is 18.6 Å². The molecule has 4 rings (SSSR count). The highest BCUT2D eigenvalue weighted by Gasteiger charge is 2.54. The Morgan fingerprint density at radius 3 is 3.04 bits per heavy atom. The monoisotopic (exact) mass is 357 g/mol. The lowest BCUT2D eigenvalue weighted by Gasteiger charge is -2.47. The lowest BCUT2D eigenvalue weighted by Crippen LogP contribution is -2.62. The summed E-state index contributed by atoms with van der Waals surface area (Å²) in [6.45, 7) is 1.34. The van der Waals surface area contributed by atoms with Crippen LogP contribution in [0.3, 0.4) is 0 Å². The van der Waals surface area contributed by atoms with Crippen LogP contribution in [0.4, 0.5) is 0 Å². The lowest BCUT2D eigenvalue weighted by molar-refractivity contribution is -0.0810. The molecule has 1 saturated heterocycles. The zero-order valence-electron chi connectivity index (χ0n) is 14.9. The highest BCUT2D eigenvalue weighted by Crippen LogP contribution is 2.43. The van der Waals surface area contributed by atoms with Gasteiger partial charge in [-0.2, -0.15) is 5.10 Å². The van der Waals surface area contributed by atoms with Crippen LogP contribution in [0.1, 0.15) is 16.9 Å². The molecule has 2 aromatic rings. The Kier molecular flexibility index (Phi) is 4.65. The summed E-state index contributed by atoms with van der Waals surface area (Å²) in [5.74, 6) is 1.13. The Balaban J connectivity index is 1.48. The van der Waals surface area contributed by atoms with Crippen molar-refractivity contribution in [3.8, 4) is 17.0 Å². The molecule has 0 bridgehead atoms. The van der Waals surface area contributed by atoms with Gasteiger partial charge < -0.3 is 19.5 Å². The number of fused-ring (bicyclic) bond motifs is 1. The number of ether oxygens (including phenoxy) is 3. The maximum absolute atomic E-state index is 12.7. The fourth-order valence-corrected chi connectivity index (χ4v) is 4.10. The highest BCUT2D eigenvalue weighted by molar-refractivity contribution is 5.93. The third-order valence-corrected chi connectivity index (χ3v) is 5.39. The van der Waals surface area contributed by atoms with E-state index in [0.717, 1.165) is 24.3 Å². The average Bonchev–Trinajstić information content (AvgIpc) is 3.32. The molecule has 1 aliphatic carbocycles. The van der Waals surface area contributed by atoms with Crippen LogP contribution in [-0.4, -0.2) is 55.7 Å². The summed E-state index contributed by atoms with van der Waals surface area (Å²) < 4.78 is 16.4. The number of nitrogens with zero attached hydrogens (tertiary/aromatic N) is 1. The van der Waals surface area contributed by atoms with E-state index in [-0.39, 0.29) is 24.0 Å². The first-order chi connectivity index (χ1) is 12.7. The van der Waals surface area contributed by atoms with Crippen molar-refractivity contribution < 1.29 is 19.0 Å². The van der Waals surface area contributed by atoms with Crippen molar-refractivity contribution in [1.29, 1.82) is 0 Å². The summed E-state index contributed by atoms with van der Waals surface area (Å²) in [6.07, 6.45) is 1.18. The molecule has 1 aliphatic heterocycles. The van der Waals surface area contributed by atoms with Gasteiger partial charge in [0.15, 0.2) is 0 Å². The van der Waals surface area contributed by atoms with Gasteiger partial charge >= 0.3 is 0 Å². The molecular weight excluding hydrogens is 334 g/mol. The summed E-state index contributed by atoms with van der Waals surface area (Å²) in [7, 11) is 3.29. The second kappa shape index (κ2) is 7.09. The molecule has 2 fully saturated rings. The van der Waals surface area contributed by atoms with Crippen molar-refractivity contribution in [3.63, 3.8) is 0 Å². The fourth-order valence-electron chi connectivity index (χ4n) is 4.10. The van der Waals surface area contributed by atoms with Crippen molar-refractivity contribution in [1.82, 2.24) is 15.5 Å². The fraction of sp³-hybridized carbons (Fsp3) is 0.474. The Bertz CT molecular complexity index is 791. The molecule has 1 amide bonds. The highest BCUT2D eigenvalue weighted by atomic mass is 16.5. The Morgan fingerprint density at radius 1 is 1.38 bits per heavy atom. The summed E-state index contributed by atoms with van der Waals surface area (Å²) in [5.41, 5.74) is 1.96. The number of methoxy groups -OCH3 is 2. The van der Waals surface area contributed by atoms with Gasteiger partial charge in [-0.3, -0.25) is 9.89 Å². The van der Waals surface area contributed by atoms with Crippen LogP contribution in [0, 0.1) is 11.8 Å². The van der Waals surface area contributed by atoms with E-state index in [9.17, 15) is 4.79 Å². The molecule has 1 aromatic carbocycles. The van der Waals surface area contributed by atoms with Gasteiger partial charge in [-0.05, 0) is 24.6 Å². The minimum absolute atomic E-state index is 0.0768. The standard InChI is InChI=1S/C19H23N3O4/c1-24-10-13-17(12-7-8-26-18(12)13)20-19(23)15-9-14(21-22-15)11-5-3-4-6-16(11)25-2/h3-6,9,12-13,17-18H,7-8,10H2,1-2H3,(H,20,23)(H,21,22)/t12-,13+,17+,18-/m0/s1. The maximum atomic E-state index is 12.7. The molecule has 2 aliphatic rings. The second-order valence-electron chi connectivity index (χ2n) is 6.77. The summed E-state index contributed by atoms with van der Waals surface area (Å²) in [6, 6.07) is 9.42. The molecule has 0 spiro atoms. The second-order valence-corrected chi connectivity index (χ2v) is 6.77. The quantitative estimate of drug-likeness (QED) is 0.824. The first kappa shape index (κ1) is 17.1. The minimum Gasteiger partial charge on any atom is -0.496 e. The Labute approximate surface area is 152 Å². The number of carbonyl (C=O) groups excluding carboxylic acids is 1. The van der Waals surface area contributed by atoms with Crippen molar-refractivity contribution in [3.05, 3.63) is 36.0 Å². The molecule has 2 N–H and O–H groups in total. The van der Waals surface area contributed by atoms with Gasteiger partial charge in [0.2, 0.25) is 0 Å². The van der Waals surface area contributed by atoms with Crippen molar-refractivity contribution in [2.75, 3.05) is 27.4 Å². The molecule has 26 heavy (non-hydrogen) atoms. The number of para-hydroxylation sites is 1. The van der Waals surface area contributed by atoms with E-state index in [2.05, 4.69) is 15.5 Å². The molecule has 0 unspecified atom stereocenters. The molecule has 2 heterocycles. The van der Waals surface area contributed by atoms with Gasteiger partial charge in [0.25, 0.3) is 5.91 Å². The number of rotatable bonds is 6. The van der Waals surface area contributed by atoms with E-state index < -0.39 is 0 Å². The number of hydrogen-bond donors (Lipinski definition) is 2. The van der Waals surface area contributed by atoms with Crippen LogP contribution in [0.25, 0.3) is 11.3 Å². The Morgan fingerprint density at radius 2 is 2.23 bits per heavy atom. The van der Waals surface area contributed by atoms with Crippen LogP contribution >= 0.6 is 0 Å². The molecule has 7 nitrogen and oxygen atoms in total. The molecule has 0 radical (unpaired) electrons. The normalized spacial score (nSPS) is 26.8. The molecular formula is C19H23N3O4. The van der Waals surface area contributed by atoms with E-state index in [4.69, 9.17) is 14.2 Å². The van der Waals surface area contributed by atoms with Crippen molar-refractivity contribution in [2.24, 2.45) is 11.8 Å². The summed E-state index contributed by atoms with van der Waals surface area (Å²) in [5, 5.41) is 10.2. The molecule has 138 valence electrons. The average molecular weight is 357 g/mol. The summed E-state index contributed by atoms with van der Waals surface area (Å²) in [4.78, 5) is 12.7. The van der Waals surface area contributed by atoms with Crippen LogP contribution in [-0.2, 0) is 9.47 Å². The molecule has 7 heteroatoms. The predicted molar refractivity (Wildman–Crippen MR) is 95.0 cm³/mol. The zero-order chi connectivity index (χ0) is 18.1. The van der Waals surface area contributed by atoms with Gasteiger partial charge in [0.1, 0.15) is 11.4 Å². The number of benzene rings is 1. The number of amides is 1. The lowest BCUT2D eigenvalue weighted by atomic mass is 9.67. The van der Waals surface area contributed by atoms with E-state index >= 15 is 0 Å². The van der Waals surface area contributed by atoms with Crippen LogP contribution in [0.15, 0.2) is 30.3 Å². The Hall–Kier alpha value is -2.38. The van der Waals surface area contributed by atoms with E-state index in [1.807, 2.05) is 24.3 Å². The molecule has 1 saturated carbocycles. The smallest absolute Gasteiger partial charge is 0.269 e. The topological polar surface area (TPSA) is 85.5 Å². The maximum Gasteiger partial charge on any atom is 0.269 e. The number of nitrogens with one attached hydrogen (secondary N) is 2. The first-order valence-corrected chi connectivity index (χ1v) is 8.83. The SMILES string of the molecule is COC[C@@H]1[C@H](NC(=O)c2cc(-c3ccccc3OC)n[nH]2)[C@@H]2CCO[C@H]12. The van der Waals surface area contributed by atoms with E-state index in [1.54, 1.807) is 20.3 Å². The van der Waals surface area contributed by atoms with E-state index in [0.29, 0.717) is 23.9 Å².